The van der Waals surface area contributed by atoms with Gasteiger partial charge in [0.05, 0.1) is 10.0 Å². The Morgan fingerprint density at radius 2 is 2.07 bits per heavy atom. The van der Waals surface area contributed by atoms with Gasteiger partial charge in [0, 0.05) is 6.42 Å². The number of benzene rings is 1. The van der Waals surface area contributed by atoms with Crippen molar-refractivity contribution in [3.8, 4) is 0 Å². The Kier molecular flexibility index (Phi) is 3.71. The third kappa shape index (κ3) is 2.36. The Morgan fingerprint density at radius 3 is 2.64 bits per heavy atom. The fraction of sp³-hybridized carbons (Fsp3) is 0.222. The molecule has 2 nitrogen and oxygen atoms in total. The van der Waals surface area contributed by atoms with Crippen LogP contribution in [-0.2, 0) is 0 Å². The molecule has 0 aromatic heterocycles. The van der Waals surface area contributed by atoms with Gasteiger partial charge in [0.1, 0.15) is 11.6 Å². The summed E-state index contributed by atoms with van der Waals surface area (Å²) in [5.74, 6) is -1.89. The highest BCUT2D eigenvalue weighted by Crippen LogP contribution is 2.21. The van der Waals surface area contributed by atoms with Gasteiger partial charge in [0.25, 0.3) is 0 Å². The molecule has 0 radical (unpaired) electrons. The van der Waals surface area contributed by atoms with E-state index in [0.717, 1.165) is 12.1 Å². The molecule has 0 amide bonds. The van der Waals surface area contributed by atoms with E-state index in [2.05, 4.69) is 15.9 Å². The fourth-order valence-corrected chi connectivity index (χ4v) is 1.46. The number of hydrogen-bond acceptors (Lipinski definition) is 2. The highest BCUT2D eigenvalue weighted by molar-refractivity contribution is 9.10. The molecule has 2 N–H and O–H groups in total. The van der Waals surface area contributed by atoms with Crippen molar-refractivity contribution < 1.29 is 13.6 Å². The fourth-order valence-electron chi connectivity index (χ4n) is 1.02. The molecule has 0 aliphatic rings. The molecular formula is C9H8BrF2NO. The zero-order chi connectivity index (χ0) is 10.7. The number of Topliss-reactive ketones (excluding diaryl/α,β-unsaturated/α-hetero) is 1. The molecule has 0 fully saturated rings. The van der Waals surface area contributed by atoms with Crippen molar-refractivity contribution in [2.24, 2.45) is 5.73 Å². The molecule has 0 aliphatic heterocycles. The molecule has 1 aromatic carbocycles. The lowest BCUT2D eigenvalue weighted by atomic mass is 10.1. The zero-order valence-corrected chi connectivity index (χ0v) is 8.77. The van der Waals surface area contributed by atoms with Crippen LogP contribution in [0.25, 0.3) is 0 Å². The first kappa shape index (κ1) is 11.3. The first-order valence-electron chi connectivity index (χ1n) is 3.94. The normalized spacial score (nSPS) is 10.3. The summed E-state index contributed by atoms with van der Waals surface area (Å²) in [5.41, 5.74) is 4.88. The number of carbonyl (C=O) groups excluding carboxylic acids is 1. The molecule has 1 rings (SSSR count). The van der Waals surface area contributed by atoms with Crippen LogP contribution < -0.4 is 5.73 Å². The summed E-state index contributed by atoms with van der Waals surface area (Å²) in [5, 5.41) is 0. The monoisotopic (exact) mass is 263 g/mol. The van der Waals surface area contributed by atoms with Crippen LogP contribution in [0.4, 0.5) is 8.78 Å². The number of nitrogens with two attached hydrogens (primary N) is 1. The van der Waals surface area contributed by atoms with Crippen LogP contribution in [0, 0.1) is 11.6 Å². The van der Waals surface area contributed by atoms with Crippen LogP contribution in [0.3, 0.4) is 0 Å². The average molecular weight is 264 g/mol. The van der Waals surface area contributed by atoms with Gasteiger partial charge in [-0.3, -0.25) is 4.79 Å². The number of carbonyl (C=O) groups is 1. The molecule has 0 heterocycles. The Labute approximate surface area is 88.2 Å². The average Bonchev–Trinajstić information content (AvgIpc) is 2.11. The van der Waals surface area contributed by atoms with Crippen LogP contribution in [0.5, 0.6) is 0 Å². The molecule has 0 saturated heterocycles. The predicted molar refractivity (Wildman–Crippen MR) is 52.1 cm³/mol. The molecule has 0 bridgehead atoms. The Morgan fingerprint density at radius 1 is 1.43 bits per heavy atom. The standard InChI is InChI=1S/C9H8BrF2NO/c10-7-4-5(11)3-6(9(7)12)8(14)1-2-13/h3-4H,1-2,13H2. The van der Waals surface area contributed by atoms with Crippen LogP contribution in [-0.4, -0.2) is 12.3 Å². The third-order valence-corrected chi connectivity index (χ3v) is 2.24. The van der Waals surface area contributed by atoms with Gasteiger partial charge < -0.3 is 5.73 Å². The smallest absolute Gasteiger partial charge is 0.167 e. The van der Waals surface area contributed by atoms with E-state index in [9.17, 15) is 13.6 Å². The summed E-state index contributed by atoms with van der Waals surface area (Å²) < 4.78 is 26.1. The molecule has 0 unspecified atom stereocenters. The van der Waals surface area contributed by atoms with Gasteiger partial charge in [-0.15, -0.1) is 0 Å². The Hall–Kier alpha value is -0.810. The van der Waals surface area contributed by atoms with Crippen LogP contribution in [0.15, 0.2) is 16.6 Å². The summed E-state index contributed by atoms with van der Waals surface area (Å²) in [4.78, 5) is 11.3. The van der Waals surface area contributed by atoms with Crippen molar-refractivity contribution in [3.05, 3.63) is 33.8 Å². The van der Waals surface area contributed by atoms with E-state index in [0.29, 0.717) is 0 Å². The Bertz CT molecular complexity index is 368. The second-order valence-electron chi connectivity index (χ2n) is 2.71. The van der Waals surface area contributed by atoms with Gasteiger partial charge >= 0.3 is 0 Å². The largest absolute Gasteiger partial charge is 0.330 e. The molecule has 14 heavy (non-hydrogen) atoms. The second-order valence-corrected chi connectivity index (χ2v) is 3.57. The predicted octanol–water partition coefficient (Wildman–Crippen LogP) is 2.26. The van der Waals surface area contributed by atoms with E-state index in [-0.39, 0.29) is 23.0 Å². The quantitative estimate of drug-likeness (QED) is 0.672. The summed E-state index contributed by atoms with van der Waals surface area (Å²) in [6.07, 6.45) is 0.00676. The van der Waals surface area contributed by atoms with Crippen molar-refractivity contribution >= 4 is 21.7 Å². The van der Waals surface area contributed by atoms with Crippen LogP contribution in [0.1, 0.15) is 16.8 Å². The molecule has 5 heteroatoms. The number of halogens is 3. The van der Waals surface area contributed by atoms with E-state index >= 15 is 0 Å². The SMILES string of the molecule is NCCC(=O)c1cc(F)cc(Br)c1F. The molecule has 0 atom stereocenters. The van der Waals surface area contributed by atoms with E-state index in [1.54, 1.807) is 0 Å². The topological polar surface area (TPSA) is 43.1 Å². The number of hydrogen-bond donors (Lipinski definition) is 1. The lowest BCUT2D eigenvalue weighted by Gasteiger charge is -2.03. The number of ketones is 1. The van der Waals surface area contributed by atoms with Crippen LogP contribution >= 0.6 is 15.9 Å². The van der Waals surface area contributed by atoms with Gasteiger partial charge in [-0.2, -0.15) is 0 Å². The van der Waals surface area contributed by atoms with E-state index in [1.165, 1.54) is 0 Å². The lowest BCUT2D eigenvalue weighted by molar-refractivity contribution is 0.0981. The highest BCUT2D eigenvalue weighted by atomic mass is 79.9. The highest BCUT2D eigenvalue weighted by Gasteiger charge is 2.15. The molecule has 0 spiro atoms. The van der Waals surface area contributed by atoms with E-state index < -0.39 is 17.4 Å². The third-order valence-electron chi connectivity index (χ3n) is 1.66. The first-order chi connectivity index (χ1) is 6.56. The van der Waals surface area contributed by atoms with Crippen molar-refractivity contribution in [3.63, 3.8) is 0 Å². The minimum atomic E-state index is -0.746. The van der Waals surface area contributed by atoms with E-state index in [1.807, 2.05) is 0 Å². The van der Waals surface area contributed by atoms with E-state index in [4.69, 9.17) is 5.73 Å². The van der Waals surface area contributed by atoms with Crippen molar-refractivity contribution in [1.29, 1.82) is 0 Å². The number of rotatable bonds is 3. The molecular weight excluding hydrogens is 256 g/mol. The van der Waals surface area contributed by atoms with Gasteiger partial charge in [-0.1, -0.05) is 0 Å². The maximum atomic E-state index is 13.3. The minimum Gasteiger partial charge on any atom is -0.330 e. The van der Waals surface area contributed by atoms with Gasteiger partial charge in [-0.25, -0.2) is 8.78 Å². The molecule has 1 aromatic rings. The molecule has 76 valence electrons. The van der Waals surface area contributed by atoms with Gasteiger partial charge in [0.15, 0.2) is 5.78 Å². The first-order valence-corrected chi connectivity index (χ1v) is 4.73. The maximum Gasteiger partial charge on any atom is 0.167 e. The second kappa shape index (κ2) is 4.61. The summed E-state index contributed by atoms with van der Waals surface area (Å²) in [6, 6.07) is 1.84. The lowest BCUT2D eigenvalue weighted by Crippen LogP contribution is -2.10. The van der Waals surface area contributed by atoms with Crippen molar-refractivity contribution in [2.75, 3.05) is 6.54 Å². The molecule has 0 aliphatic carbocycles. The van der Waals surface area contributed by atoms with Crippen molar-refractivity contribution in [2.45, 2.75) is 6.42 Å². The molecule has 0 saturated carbocycles. The summed E-state index contributed by atoms with van der Waals surface area (Å²) in [7, 11) is 0. The summed E-state index contributed by atoms with van der Waals surface area (Å²) >= 11 is 2.82. The van der Waals surface area contributed by atoms with Gasteiger partial charge in [-0.05, 0) is 34.6 Å². The maximum absolute atomic E-state index is 13.3. The minimum absolute atomic E-state index is 0.00676. The zero-order valence-electron chi connectivity index (χ0n) is 7.19. The summed E-state index contributed by atoms with van der Waals surface area (Å²) in [6.45, 7) is 0.117. The Balaban J connectivity index is 3.13. The van der Waals surface area contributed by atoms with Crippen molar-refractivity contribution in [1.82, 2.24) is 0 Å². The van der Waals surface area contributed by atoms with Gasteiger partial charge in [0.2, 0.25) is 0 Å². The van der Waals surface area contributed by atoms with Crippen LogP contribution in [0.2, 0.25) is 0 Å².